The van der Waals surface area contributed by atoms with Gasteiger partial charge in [0, 0.05) is 12.1 Å². The predicted molar refractivity (Wildman–Crippen MR) is 79.9 cm³/mol. The lowest BCUT2D eigenvalue weighted by atomic mass is 10.2. The van der Waals surface area contributed by atoms with Crippen molar-refractivity contribution in [3.63, 3.8) is 0 Å². The SMILES string of the molecule is CCNC(=O)[C@H](C)Sc1nnc(-c2ccc3c(c2)OCO3)o1. The Morgan fingerprint density at radius 3 is 3.00 bits per heavy atom. The largest absolute Gasteiger partial charge is 0.454 e. The molecule has 1 aliphatic rings. The van der Waals surface area contributed by atoms with Gasteiger partial charge < -0.3 is 19.2 Å². The Hall–Kier alpha value is -2.22. The number of hydrogen-bond donors (Lipinski definition) is 1. The minimum atomic E-state index is -0.301. The minimum Gasteiger partial charge on any atom is -0.454 e. The third kappa shape index (κ3) is 3.01. The lowest BCUT2D eigenvalue weighted by Gasteiger charge is -2.07. The molecule has 0 unspecified atom stereocenters. The second-order valence-electron chi connectivity index (χ2n) is 4.60. The van der Waals surface area contributed by atoms with Crippen molar-refractivity contribution in [1.29, 1.82) is 0 Å². The molecule has 3 rings (SSSR count). The Morgan fingerprint density at radius 2 is 2.18 bits per heavy atom. The van der Waals surface area contributed by atoms with Crippen LogP contribution in [0.1, 0.15) is 13.8 Å². The van der Waals surface area contributed by atoms with E-state index in [0.717, 1.165) is 5.56 Å². The summed E-state index contributed by atoms with van der Waals surface area (Å²) in [6, 6.07) is 5.41. The number of benzene rings is 1. The van der Waals surface area contributed by atoms with E-state index in [4.69, 9.17) is 13.9 Å². The van der Waals surface area contributed by atoms with E-state index in [1.54, 1.807) is 19.1 Å². The zero-order chi connectivity index (χ0) is 15.5. The normalized spacial score (nSPS) is 13.9. The Kier molecular flexibility index (Phi) is 4.19. The minimum absolute atomic E-state index is 0.0599. The summed E-state index contributed by atoms with van der Waals surface area (Å²) in [5, 5.41) is 10.8. The van der Waals surface area contributed by atoms with Crippen LogP contribution >= 0.6 is 11.8 Å². The first kappa shape index (κ1) is 14.7. The molecule has 0 radical (unpaired) electrons. The summed E-state index contributed by atoms with van der Waals surface area (Å²) in [4.78, 5) is 11.7. The Balaban J connectivity index is 1.72. The molecule has 1 aromatic heterocycles. The van der Waals surface area contributed by atoms with Crippen LogP contribution in [0.25, 0.3) is 11.5 Å². The first-order valence-corrected chi connectivity index (χ1v) is 7.73. The highest BCUT2D eigenvalue weighted by atomic mass is 32.2. The first-order chi connectivity index (χ1) is 10.7. The van der Waals surface area contributed by atoms with Crippen LogP contribution < -0.4 is 14.8 Å². The standard InChI is InChI=1S/C14H15N3O4S/c1-3-15-12(18)8(2)22-14-17-16-13(21-14)9-4-5-10-11(6-9)20-7-19-10/h4-6,8H,3,7H2,1-2H3,(H,15,18)/t8-/m0/s1. The molecular formula is C14H15N3O4S. The number of hydrogen-bond acceptors (Lipinski definition) is 7. The topological polar surface area (TPSA) is 86.5 Å². The van der Waals surface area contributed by atoms with E-state index in [2.05, 4.69) is 15.5 Å². The smallest absolute Gasteiger partial charge is 0.277 e. The predicted octanol–water partition coefficient (Wildman–Crippen LogP) is 2.08. The number of nitrogens with zero attached hydrogens (tertiary/aromatic N) is 2. The fourth-order valence-electron chi connectivity index (χ4n) is 1.93. The van der Waals surface area contributed by atoms with Crippen LogP contribution in [-0.4, -0.2) is 34.7 Å². The van der Waals surface area contributed by atoms with E-state index in [-0.39, 0.29) is 18.0 Å². The van der Waals surface area contributed by atoms with Gasteiger partial charge >= 0.3 is 0 Å². The summed E-state index contributed by atoms with van der Waals surface area (Å²) in [7, 11) is 0. The van der Waals surface area contributed by atoms with Crippen LogP contribution in [-0.2, 0) is 4.79 Å². The molecule has 2 heterocycles. The second-order valence-corrected chi connectivity index (χ2v) is 5.89. The Morgan fingerprint density at radius 1 is 1.36 bits per heavy atom. The molecule has 1 aliphatic heterocycles. The van der Waals surface area contributed by atoms with Gasteiger partial charge in [-0.1, -0.05) is 11.8 Å². The van der Waals surface area contributed by atoms with Crippen LogP contribution in [0.15, 0.2) is 27.8 Å². The summed E-state index contributed by atoms with van der Waals surface area (Å²) in [5.74, 6) is 1.67. The zero-order valence-corrected chi connectivity index (χ0v) is 13.0. The molecule has 2 aromatic rings. The monoisotopic (exact) mass is 321 g/mol. The lowest BCUT2D eigenvalue weighted by Crippen LogP contribution is -2.30. The van der Waals surface area contributed by atoms with E-state index >= 15 is 0 Å². The first-order valence-electron chi connectivity index (χ1n) is 6.85. The molecule has 0 fully saturated rings. The van der Waals surface area contributed by atoms with Crippen molar-refractivity contribution < 1.29 is 18.7 Å². The van der Waals surface area contributed by atoms with Gasteiger partial charge in [0.15, 0.2) is 11.5 Å². The molecule has 0 saturated heterocycles. The molecule has 0 aliphatic carbocycles. The Bertz CT molecular complexity index is 688. The number of rotatable bonds is 5. The molecule has 0 bridgehead atoms. The van der Waals surface area contributed by atoms with Crippen molar-refractivity contribution in [2.45, 2.75) is 24.3 Å². The van der Waals surface area contributed by atoms with Gasteiger partial charge in [0.05, 0.1) is 5.25 Å². The van der Waals surface area contributed by atoms with E-state index in [1.165, 1.54) is 11.8 Å². The van der Waals surface area contributed by atoms with Gasteiger partial charge in [-0.15, -0.1) is 10.2 Å². The van der Waals surface area contributed by atoms with Crippen molar-refractivity contribution in [1.82, 2.24) is 15.5 Å². The number of thioether (sulfide) groups is 1. The number of aromatic nitrogens is 2. The number of ether oxygens (including phenoxy) is 2. The summed E-state index contributed by atoms with van der Waals surface area (Å²) in [5.41, 5.74) is 0.745. The zero-order valence-electron chi connectivity index (χ0n) is 12.2. The van der Waals surface area contributed by atoms with Crippen molar-refractivity contribution in [2.75, 3.05) is 13.3 Å². The molecule has 1 amide bonds. The maximum atomic E-state index is 11.7. The molecule has 22 heavy (non-hydrogen) atoms. The van der Waals surface area contributed by atoms with Gasteiger partial charge in [0.2, 0.25) is 18.6 Å². The molecule has 0 saturated carbocycles. The third-order valence-corrected chi connectivity index (χ3v) is 3.96. The van der Waals surface area contributed by atoms with Gasteiger partial charge in [-0.25, -0.2) is 0 Å². The molecule has 7 nitrogen and oxygen atoms in total. The summed E-state index contributed by atoms with van der Waals surface area (Å²) in [6.45, 7) is 4.48. The molecule has 1 atom stereocenters. The van der Waals surface area contributed by atoms with E-state index in [0.29, 0.717) is 29.2 Å². The number of fused-ring (bicyclic) bond motifs is 1. The molecule has 8 heteroatoms. The van der Waals surface area contributed by atoms with Crippen LogP contribution in [0.5, 0.6) is 11.5 Å². The number of amides is 1. The van der Waals surface area contributed by atoms with Crippen LogP contribution in [0, 0.1) is 0 Å². The van der Waals surface area contributed by atoms with Gasteiger partial charge in [0.1, 0.15) is 0 Å². The van der Waals surface area contributed by atoms with Gasteiger partial charge in [-0.2, -0.15) is 0 Å². The summed E-state index contributed by atoms with van der Waals surface area (Å²) in [6.07, 6.45) is 0. The fraction of sp³-hybridized carbons (Fsp3) is 0.357. The quantitative estimate of drug-likeness (QED) is 0.844. The van der Waals surface area contributed by atoms with Crippen LogP contribution in [0.2, 0.25) is 0 Å². The highest BCUT2D eigenvalue weighted by molar-refractivity contribution is 8.00. The summed E-state index contributed by atoms with van der Waals surface area (Å²) < 4.78 is 16.2. The second kappa shape index (κ2) is 6.27. The molecular weight excluding hydrogens is 306 g/mol. The van der Waals surface area contributed by atoms with E-state index < -0.39 is 0 Å². The average Bonchev–Trinajstić information content (AvgIpc) is 3.15. The van der Waals surface area contributed by atoms with E-state index in [1.807, 2.05) is 13.0 Å². The van der Waals surface area contributed by atoms with Gasteiger partial charge in [-0.05, 0) is 32.0 Å². The number of carbonyl (C=O) groups is 1. The van der Waals surface area contributed by atoms with Crippen molar-refractivity contribution in [3.05, 3.63) is 18.2 Å². The average molecular weight is 321 g/mol. The number of carbonyl (C=O) groups excluding carboxylic acids is 1. The highest BCUT2D eigenvalue weighted by Crippen LogP contribution is 2.36. The highest BCUT2D eigenvalue weighted by Gasteiger charge is 2.19. The molecule has 116 valence electrons. The van der Waals surface area contributed by atoms with Crippen LogP contribution in [0.4, 0.5) is 0 Å². The third-order valence-electron chi connectivity index (χ3n) is 3.02. The van der Waals surface area contributed by atoms with Gasteiger partial charge in [0.25, 0.3) is 5.22 Å². The number of nitrogens with one attached hydrogen (secondary N) is 1. The van der Waals surface area contributed by atoms with Crippen molar-refractivity contribution >= 4 is 17.7 Å². The van der Waals surface area contributed by atoms with Crippen molar-refractivity contribution in [2.24, 2.45) is 0 Å². The van der Waals surface area contributed by atoms with E-state index in [9.17, 15) is 4.79 Å². The van der Waals surface area contributed by atoms with Gasteiger partial charge in [-0.3, -0.25) is 4.79 Å². The molecule has 1 aromatic carbocycles. The molecule has 1 N–H and O–H groups in total. The maximum Gasteiger partial charge on any atom is 0.277 e. The Labute approximate surface area is 131 Å². The van der Waals surface area contributed by atoms with Crippen molar-refractivity contribution in [3.8, 4) is 23.0 Å². The maximum absolute atomic E-state index is 11.7. The fourth-order valence-corrected chi connectivity index (χ4v) is 2.63. The molecule has 0 spiro atoms. The summed E-state index contributed by atoms with van der Waals surface area (Å²) >= 11 is 1.22. The lowest BCUT2D eigenvalue weighted by molar-refractivity contribution is -0.120. The van der Waals surface area contributed by atoms with Crippen LogP contribution in [0.3, 0.4) is 0 Å².